The van der Waals surface area contributed by atoms with E-state index in [2.05, 4.69) is 18.8 Å². The van der Waals surface area contributed by atoms with E-state index in [9.17, 15) is 9.59 Å². The third-order valence-corrected chi connectivity index (χ3v) is 4.82. The minimum Gasteiger partial charge on any atom is -0.455 e. The van der Waals surface area contributed by atoms with Crippen LogP contribution in [-0.2, 0) is 20.7 Å². The van der Waals surface area contributed by atoms with E-state index >= 15 is 0 Å². The number of esters is 1. The molecule has 2 aromatic heterocycles. The highest BCUT2D eigenvalue weighted by Gasteiger charge is 2.26. The first-order valence-electron chi connectivity index (χ1n) is 7.85. The van der Waals surface area contributed by atoms with Crippen molar-refractivity contribution in [2.75, 3.05) is 19.7 Å². The van der Waals surface area contributed by atoms with Gasteiger partial charge < -0.3 is 9.64 Å². The zero-order valence-corrected chi connectivity index (χ0v) is 14.2. The van der Waals surface area contributed by atoms with Gasteiger partial charge >= 0.3 is 5.97 Å². The Morgan fingerprint density at radius 3 is 2.78 bits per heavy atom. The van der Waals surface area contributed by atoms with Gasteiger partial charge in [0.1, 0.15) is 0 Å². The van der Waals surface area contributed by atoms with Gasteiger partial charge in [-0.2, -0.15) is 0 Å². The molecular weight excluding hydrogens is 314 g/mol. The van der Waals surface area contributed by atoms with Crippen molar-refractivity contribution in [3.05, 3.63) is 23.5 Å². The van der Waals surface area contributed by atoms with Gasteiger partial charge in [0.05, 0.1) is 12.1 Å². The van der Waals surface area contributed by atoms with Crippen LogP contribution in [0.2, 0.25) is 0 Å². The second kappa shape index (κ2) is 6.70. The van der Waals surface area contributed by atoms with Crippen LogP contribution < -0.4 is 0 Å². The SMILES string of the molecule is CC1CC(C)CN(C(=O)COC(=O)Cc2cn3ccsc3n2)C1. The number of aromatic nitrogens is 2. The van der Waals surface area contributed by atoms with Gasteiger partial charge in [-0.05, 0) is 18.3 Å². The monoisotopic (exact) mass is 335 g/mol. The molecule has 2 aromatic rings. The molecule has 1 saturated heterocycles. The number of imidazole rings is 1. The number of ether oxygens (including phenoxy) is 1. The first-order chi connectivity index (χ1) is 11.0. The van der Waals surface area contributed by atoms with E-state index in [1.165, 1.54) is 11.3 Å². The van der Waals surface area contributed by atoms with Crippen molar-refractivity contribution < 1.29 is 14.3 Å². The molecule has 0 radical (unpaired) electrons. The van der Waals surface area contributed by atoms with Crippen molar-refractivity contribution in [1.82, 2.24) is 14.3 Å². The molecule has 7 heteroatoms. The summed E-state index contributed by atoms with van der Waals surface area (Å²) in [5.74, 6) is 0.471. The number of carbonyl (C=O) groups is 2. The number of carbonyl (C=O) groups excluding carboxylic acids is 2. The van der Waals surface area contributed by atoms with Gasteiger partial charge in [-0.15, -0.1) is 11.3 Å². The van der Waals surface area contributed by atoms with Crippen molar-refractivity contribution in [1.29, 1.82) is 0 Å². The summed E-state index contributed by atoms with van der Waals surface area (Å²) in [6, 6.07) is 0. The Labute approximate surface area is 139 Å². The highest BCUT2D eigenvalue weighted by atomic mass is 32.1. The lowest BCUT2D eigenvalue weighted by Crippen LogP contribution is -2.44. The molecule has 1 aliphatic rings. The average molecular weight is 335 g/mol. The summed E-state index contributed by atoms with van der Waals surface area (Å²) in [6.07, 6.45) is 4.93. The lowest BCUT2D eigenvalue weighted by atomic mass is 9.92. The number of hydrogen-bond donors (Lipinski definition) is 0. The fourth-order valence-corrected chi connectivity index (χ4v) is 3.88. The Balaban J connectivity index is 1.48. The Hall–Kier alpha value is -1.89. The van der Waals surface area contributed by atoms with Gasteiger partial charge in [-0.25, -0.2) is 4.98 Å². The molecule has 3 rings (SSSR count). The first kappa shape index (κ1) is 16.0. The van der Waals surface area contributed by atoms with Crippen LogP contribution >= 0.6 is 11.3 Å². The number of fused-ring (bicyclic) bond motifs is 1. The standard InChI is InChI=1S/C16H21N3O3S/c1-11-5-12(2)8-19(7-11)14(20)10-22-15(21)6-13-9-18-3-4-23-16(18)17-13/h3-4,9,11-12H,5-8,10H2,1-2H3. The number of nitrogens with zero attached hydrogens (tertiary/aromatic N) is 3. The largest absolute Gasteiger partial charge is 0.455 e. The second-order valence-electron chi connectivity index (χ2n) is 6.41. The summed E-state index contributed by atoms with van der Waals surface area (Å²) in [7, 11) is 0. The summed E-state index contributed by atoms with van der Waals surface area (Å²) >= 11 is 1.51. The van der Waals surface area contributed by atoms with E-state index < -0.39 is 5.97 Å². The fourth-order valence-electron chi connectivity index (χ4n) is 3.16. The van der Waals surface area contributed by atoms with Gasteiger partial charge in [0.2, 0.25) is 0 Å². The van der Waals surface area contributed by atoms with Crippen LogP contribution in [0.5, 0.6) is 0 Å². The van der Waals surface area contributed by atoms with Gasteiger partial charge in [-0.1, -0.05) is 13.8 Å². The molecule has 0 aliphatic carbocycles. The van der Waals surface area contributed by atoms with Crippen LogP contribution in [0.15, 0.2) is 17.8 Å². The van der Waals surface area contributed by atoms with Crippen LogP contribution in [-0.4, -0.2) is 45.9 Å². The van der Waals surface area contributed by atoms with Gasteiger partial charge in [-0.3, -0.25) is 14.0 Å². The minimum atomic E-state index is -0.415. The van der Waals surface area contributed by atoms with E-state index in [0.29, 0.717) is 17.5 Å². The van der Waals surface area contributed by atoms with E-state index in [0.717, 1.165) is 24.5 Å². The van der Waals surface area contributed by atoms with Crippen LogP contribution in [0.3, 0.4) is 0 Å². The van der Waals surface area contributed by atoms with E-state index in [4.69, 9.17) is 4.74 Å². The van der Waals surface area contributed by atoms with Crippen molar-refractivity contribution in [2.45, 2.75) is 26.7 Å². The molecule has 0 spiro atoms. The van der Waals surface area contributed by atoms with Gasteiger partial charge in [0.25, 0.3) is 5.91 Å². The summed E-state index contributed by atoms with van der Waals surface area (Å²) in [6.45, 7) is 5.61. The van der Waals surface area contributed by atoms with E-state index in [1.54, 1.807) is 4.90 Å². The van der Waals surface area contributed by atoms with Crippen LogP contribution in [0.25, 0.3) is 4.96 Å². The third kappa shape index (κ3) is 3.90. The van der Waals surface area contributed by atoms with Crippen molar-refractivity contribution in [3.8, 4) is 0 Å². The molecule has 2 atom stereocenters. The predicted molar refractivity (Wildman–Crippen MR) is 87.3 cm³/mol. The summed E-state index contributed by atoms with van der Waals surface area (Å²) in [5.41, 5.74) is 0.662. The molecule has 0 N–H and O–H groups in total. The Morgan fingerprint density at radius 2 is 2.09 bits per heavy atom. The molecule has 3 heterocycles. The molecule has 23 heavy (non-hydrogen) atoms. The molecule has 1 fully saturated rings. The zero-order valence-electron chi connectivity index (χ0n) is 13.4. The van der Waals surface area contributed by atoms with Crippen LogP contribution in [0.1, 0.15) is 26.0 Å². The van der Waals surface area contributed by atoms with Crippen molar-refractivity contribution in [2.24, 2.45) is 11.8 Å². The number of hydrogen-bond acceptors (Lipinski definition) is 5. The Kier molecular flexibility index (Phi) is 4.66. The molecule has 0 aromatic carbocycles. The van der Waals surface area contributed by atoms with Crippen LogP contribution in [0.4, 0.5) is 0 Å². The summed E-state index contributed by atoms with van der Waals surface area (Å²) in [5, 5.41) is 1.93. The van der Waals surface area contributed by atoms with Gasteiger partial charge in [0, 0.05) is 30.9 Å². The molecule has 1 aliphatic heterocycles. The second-order valence-corrected chi connectivity index (χ2v) is 7.28. The first-order valence-corrected chi connectivity index (χ1v) is 8.73. The third-order valence-electron chi connectivity index (χ3n) is 4.05. The molecule has 6 nitrogen and oxygen atoms in total. The Bertz CT molecular complexity index is 670. The maximum absolute atomic E-state index is 12.2. The fraction of sp³-hybridized carbons (Fsp3) is 0.562. The lowest BCUT2D eigenvalue weighted by Gasteiger charge is -2.34. The highest BCUT2D eigenvalue weighted by molar-refractivity contribution is 7.15. The number of likely N-dealkylation sites (tertiary alicyclic amines) is 1. The molecule has 124 valence electrons. The average Bonchev–Trinajstić information content (AvgIpc) is 3.04. The van der Waals surface area contributed by atoms with Crippen molar-refractivity contribution in [3.63, 3.8) is 0 Å². The summed E-state index contributed by atoms with van der Waals surface area (Å²) in [4.78, 5) is 31.1. The maximum atomic E-state index is 12.2. The molecule has 0 bridgehead atoms. The normalized spacial score (nSPS) is 21.6. The molecule has 1 amide bonds. The zero-order chi connectivity index (χ0) is 16.4. The molecule has 2 unspecified atom stereocenters. The quantitative estimate of drug-likeness (QED) is 0.802. The number of amides is 1. The topological polar surface area (TPSA) is 63.9 Å². The highest BCUT2D eigenvalue weighted by Crippen LogP contribution is 2.21. The number of thiazole rings is 1. The maximum Gasteiger partial charge on any atom is 0.312 e. The lowest BCUT2D eigenvalue weighted by molar-refractivity contribution is -0.152. The minimum absolute atomic E-state index is 0.0918. The van der Waals surface area contributed by atoms with Crippen LogP contribution in [0, 0.1) is 11.8 Å². The smallest absolute Gasteiger partial charge is 0.312 e. The predicted octanol–water partition coefficient (Wildman–Crippen LogP) is 1.99. The van der Waals surface area contributed by atoms with E-state index in [1.807, 2.05) is 22.2 Å². The van der Waals surface area contributed by atoms with Gasteiger partial charge in [0.15, 0.2) is 11.6 Å². The number of rotatable bonds is 4. The number of piperidine rings is 1. The molecular formula is C16H21N3O3S. The summed E-state index contributed by atoms with van der Waals surface area (Å²) < 4.78 is 7.00. The van der Waals surface area contributed by atoms with E-state index in [-0.39, 0.29) is 18.9 Å². The molecule has 0 saturated carbocycles. The Morgan fingerprint density at radius 1 is 1.35 bits per heavy atom. The van der Waals surface area contributed by atoms with Crippen molar-refractivity contribution >= 4 is 28.2 Å².